The number of H-pyrrole nitrogens is 1. The van der Waals surface area contributed by atoms with Gasteiger partial charge in [0.15, 0.2) is 0 Å². The highest BCUT2D eigenvalue weighted by molar-refractivity contribution is 7.18. The minimum atomic E-state index is -0.430. The van der Waals surface area contributed by atoms with Gasteiger partial charge < -0.3 is 9.72 Å². The summed E-state index contributed by atoms with van der Waals surface area (Å²) in [7, 11) is 0. The predicted molar refractivity (Wildman–Crippen MR) is 120 cm³/mol. The molecule has 0 spiro atoms. The first-order valence-electron chi connectivity index (χ1n) is 10.1. The van der Waals surface area contributed by atoms with Crippen LogP contribution in [0.25, 0.3) is 21.6 Å². The number of nitrogens with one attached hydrogen (secondary N) is 1. The number of aryl methyl sites for hydroxylation is 2. The van der Waals surface area contributed by atoms with Crippen LogP contribution >= 0.6 is 11.3 Å². The molecule has 0 saturated heterocycles. The molecule has 2 aromatic carbocycles. The second-order valence-corrected chi connectivity index (χ2v) is 8.60. The molecular weight excluding hydrogens is 414 g/mol. The minimum Gasteiger partial charge on any atom is -0.488 e. The van der Waals surface area contributed by atoms with Crippen molar-refractivity contribution >= 4 is 27.2 Å². The molecule has 2 aromatic heterocycles. The number of nitro benzene ring substituents is 1. The number of thiophene rings is 1. The van der Waals surface area contributed by atoms with Crippen molar-refractivity contribution in [2.45, 2.75) is 32.3 Å². The van der Waals surface area contributed by atoms with Crippen molar-refractivity contribution in [3.05, 3.63) is 85.0 Å². The highest BCUT2D eigenvalue weighted by atomic mass is 32.1. The van der Waals surface area contributed by atoms with Crippen LogP contribution < -0.4 is 10.3 Å². The van der Waals surface area contributed by atoms with E-state index in [1.165, 1.54) is 17.0 Å². The predicted octanol–water partition coefficient (Wildman–Crippen LogP) is 5.02. The largest absolute Gasteiger partial charge is 0.488 e. The molecule has 156 valence electrons. The number of hydrogen-bond acceptors (Lipinski definition) is 6. The van der Waals surface area contributed by atoms with Gasteiger partial charge in [0.1, 0.15) is 23.0 Å². The Hall–Kier alpha value is -3.52. The molecule has 31 heavy (non-hydrogen) atoms. The Morgan fingerprint density at radius 3 is 2.68 bits per heavy atom. The van der Waals surface area contributed by atoms with Crippen LogP contribution in [0.2, 0.25) is 0 Å². The molecule has 5 rings (SSSR count). The summed E-state index contributed by atoms with van der Waals surface area (Å²) in [6.07, 6.45) is 4.22. The molecule has 1 N–H and O–H groups in total. The second kappa shape index (κ2) is 7.96. The highest BCUT2D eigenvalue weighted by Crippen LogP contribution is 2.35. The van der Waals surface area contributed by atoms with E-state index in [0.717, 1.165) is 47.0 Å². The molecule has 0 bridgehead atoms. The van der Waals surface area contributed by atoms with E-state index < -0.39 is 4.92 Å². The van der Waals surface area contributed by atoms with Crippen LogP contribution in [-0.2, 0) is 19.4 Å². The van der Waals surface area contributed by atoms with Crippen molar-refractivity contribution in [2.75, 3.05) is 0 Å². The molecule has 0 amide bonds. The number of nitrogens with zero attached hydrogens (tertiary/aromatic N) is 2. The Bertz CT molecular complexity index is 1340. The first kappa shape index (κ1) is 19.4. The van der Waals surface area contributed by atoms with E-state index in [-0.39, 0.29) is 17.9 Å². The molecule has 8 heteroatoms. The number of ether oxygens (including phenoxy) is 1. The number of hydrogen-bond donors (Lipinski definition) is 1. The summed E-state index contributed by atoms with van der Waals surface area (Å²) in [4.78, 5) is 33.0. The van der Waals surface area contributed by atoms with Gasteiger partial charge in [0.05, 0.1) is 15.9 Å². The van der Waals surface area contributed by atoms with Crippen molar-refractivity contribution in [3.8, 4) is 17.1 Å². The van der Waals surface area contributed by atoms with E-state index in [1.807, 2.05) is 24.3 Å². The molecule has 2 heterocycles. The fraction of sp³-hybridized carbons (Fsp3) is 0.217. The molecule has 7 nitrogen and oxygen atoms in total. The molecular formula is C23H19N3O4S. The maximum absolute atomic E-state index is 12.9. The number of non-ortho nitro benzene ring substituents is 1. The van der Waals surface area contributed by atoms with Crippen molar-refractivity contribution in [3.63, 3.8) is 0 Å². The quantitative estimate of drug-likeness (QED) is 0.352. The SMILES string of the molecule is O=c1[nH]c(-c2ccccc2OCc2ccc([N+](=O)[O-])cc2)nc2sc3c(c12)CCCC3. The van der Waals surface area contributed by atoms with E-state index >= 15 is 0 Å². The van der Waals surface area contributed by atoms with Crippen LogP contribution in [0, 0.1) is 10.1 Å². The summed E-state index contributed by atoms with van der Waals surface area (Å²) in [5.74, 6) is 1.07. The van der Waals surface area contributed by atoms with Crippen LogP contribution in [0.3, 0.4) is 0 Å². The highest BCUT2D eigenvalue weighted by Gasteiger charge is 2.20. The Morgan fingerprint density at radius 1 is 1.10 bits per heavy atom. The normalized spacial score (nSPS) is 13.2. The fourth-order valence-corrected chi connectivity index (χ4v) is 5.22. The lowest BCUT2D eigenvalue weighted by molar-refractivity contribution is -0.384. The zero-order chi connectivity index (χ0) is 21.4. The number of para-hydroxylation sites is 1. The summed E-state index contributed by atoms with van der Waals surface area (Å²) in [6, 6.07) is 13.7. The maximum atomic E-state index is 12.9. The van der Waals surface area contributed by atoms with Gasteiger partial charge in [-0.25, -0.2) is 4.98 Å². The maximum Gasteiger partial charge on any atom is 0.269 e. The van der Waals surface area contributed by atoms with Crippen LogP contribution in [0.15, 0.2) is 53.3 Å². The molecule has 1 aliphatic carbocycles. The Morgan fingerprint density at radius 2 is 1.87 bits per heavy atom. The van der Waals surface area contributed by atoms with Gasteiger partial charge in [0, 0.05) is 17.0 Å². The van der Waals surface area contributed by atoms with E-state index in [1.54, 1.807) is 23.5 Å². The zero-order valence-corrected chi connectivity index (χ0v) is 17.4. The van der Waals surface area contributed by atoms with Crippen molar-refractivity contribution in [1.29, 1.82) is 0 Å². The number of benzene rings is 2. The number of fused-ring (bicyclic) bond motifs is 3. The smallest absolute Gasteiger partial charge is 0.269 e. The lowest BCUT2D eigenvalue weighted by Crippen LogP contribution is -2.11. The van der Waals surface area contributed by atoms with Gasteiger partial charge in [0.25, 0.3) is 11.2 Å². The third-order valence-corrected chi connectivity index (χ3v) is 6.69. The first-order valence-corrected chi connectivity index (χ1v) is 10.9. The number of rotatable bonds is 5. The first-order chi connectivity index (χ1) is 15.1. The Kier molecular flexibility index (Phi) is 4.99. The van der Waals surface area contributed by atoms with Crippen molar-refractivity contribution < 1.29 is 9.66 Å². The summed E-state index contributed by atoms with van der Waals surface area (Å²) in [5.41, 5.74) is 2.61. The average molecular weight is 433 g/mol. The van der Waals surface area contributed by atoms with Gasteiger partial charge in [0.2, 0.25) is 0 Å². The standard InChI is InChI=1S/C23H19N3O4S/c27-22-20-17-6-2-4-8-19(17)31-23(20)25-21(24-22)16-5-1-3-7-18(16)30-13-14-9-11-15(12-10-14)26(28)29/h1,3,5,7,9-12H,2,4,6,8,13H2,(H,24,25,27). The minimum absolute atomic E-state index is 0.0397. The molecule has 4 aromatic rings. The number of aromatic amines is 1. The van der Waals surface area contributed by atoms with Crippen molar-refractivity contribution in [2.24, 2.45) is 0 Å². The van der Waals surface area contributed by atoms with E-state index in [9.17, 15) is 14.9 Å². The van der Waals surface area contributed by atoms with Gasteiger partial charge in [-0.15, -0.1) is 11.3 Å². The van der Waals surface area contributed by atoms with Gasteiger partial charge in [-0.1, -0.05) is 12.1 Å². The fourth-order valence-electron chi connectivity index (χ4n) is 3.95. The second-order valence-electron chi connectivity index (χ2n) is 7.51. The van der Waals surface area contributed by atoms with Crippen LogP contribution in [0.5, 0.6) is 5.75 Å². The lowest BCUT2D eigenvalue weighted by Gasteiger charge is -2.11. The van der Waals surface area contributed by atoms with Crippen LogP contribution in [0.1, 0.15) is 28.8 Å². The summed E-state index contributed by atoms with van der Waals surface area (Å²) in [5, 5.41) is 11.5. The molecule has 0 aliphatic heterocycles. The monoisotopic (exact) mass is 433 g/mol. The number of aromatic nitrogens is 2. The summed E-state index contributed by atoms with van der Waals surface area (Å²) < 4.78 is 5.98. The van der Waals surface area contributed by atoms with Crippen molar-refractivity contribution in [1.82, 2.24) is 9.97 Å². The van der Waals surface area contributed by atoms with Gasteiger partial charge >= 0.3 is 0 Å². The Labute approximate surface area is 181 Å². The van der Waals surface area contributed by atoms with E-state index in [0.29, 0.717) is 17.1 Å². The summed E-state index contributed by atoms with van der Waals surface area (Å²) in [6.45, 7) is 0.245. The van der Waals surface area contributed by atoms with Crippen LogP contribution in [-0.4, -0.2) is 14.9 Å². The van der Waals surface area contributed by atoms with Gasteiger partial charge in [-0.3, -0.25) is 14.9 Å². The topological polar surface area (TPSA) is 98.1 Å². The molecule has 0 fully saturated rings. The van der Waals surface area contributed by atoms with Gasteiger partial charge in [-0.05, 0) is 61.1 Å². The van der Waals surface area contributed by atoms with E-state index in [4.69, 9.17) is 9.72 Å². The van der Waals surface area contributed by atoms with E-state index in [2.05, 4.69) is 4.98 Å². The van der Waals surface area contributed by atoms with Gasteiger partial charge in [-0.2, -0.15) is 0 Å². The average Bonchev–Trinajstić information content (AvgIpc) is 3.17. The Balaban J connectivity index is 1.47. The number of nitro groups is 1. The molecule has 0 saturated carbocycles. The third kappa shape index (κ3) is 3.70. The zero-order valence-electron chi connectivity index (χ0n) is 16.6. The summed E-state index contributed by atoms with van der Waals surface area (Å²) >= 11 is 1.62. The molecule has 1 aliphatic rings. The molecule has 0 unspecified atom stereocenters. The lowest BCUT2D eigenvalue weighted by atomic mass is 9.97. The molecule has 0 atom stereocenters. The third-order valence-electron chi connectivity index (χ3n) is 5.51. The molecule has 0 radical (unpaired) electrons. The van der Waals surface area contributed by atoms with Crippen LogP contribution in [0.4, 0.5) is 5.69 Å².